The fourth-order valence-corrected chi connectivity index (χ4v) is 2.97. The molecule has 1 aromatic heterocycles. The molecule has 5 nitrogen and oxygen atoms in total. The lowest BCUT2D eigenvalue weighted by Gasteiger charge is -2.06. The highest BCUT2D eigenvalue weighted by atomic mass is 19.1. The maximum absolute atomic E-state index is 13.4. The minimum absolute atomic E-state index is 0.0337. The van der Waals surface area contributed by atoms with Crippen molar-refractivity contribution in [3.63, 3.8) is 0 Å². The van der Waals surface area contributed by atoms with E-state index in [9.17, 15) is 9.18 Å². The van der Waals surface area contributed by atoms with Gasteiger partial charge in [0.05, 0.1) is 5.69 Å². The van der Waals surface area contributed by atoms with E-state index in [2.05, 4.69) is 15.4 Å². The van der Waals surface area contributed by atoms with Crippen molar-refractivity contribution in [2.75, 3.05) is 5.32 Å². The van der Waals surface area contributed by atoms with E-state index in [0.29, 0.717) is 17.2 Å². The molecule has 4 aromatic rings. The Morgan fingerprint density at radius 2 is 1.66 bits per heavy atom. The van der Waals surface area contributed by atoms with Gasteiger partial charge in [0.15, 0.2) is 5.82 Å². The minimum Gasteiger partial charge on any atom is -0.319 e. The summed E-state index contributed by atoms with van der Waals surface area (Å²) in [5.41, 5.74) is 4.25. The van der Waals surface area contributed by atoms with Crippen molar-refractivity contribution < 1.29 is 9.18 Å². The molecular weight excluding hydrogens is 367 g/mol. The maximum Gasteiger partial charge on any atom is 0.295 e. The van der Waals surface area contributed by atoms with E-state index in [1.54, 1.807) is 16.8 Å². The fraction of sp³-hybridized carbons (Fsp3) is 0.0870. The van der Waals surface area contributed by atoms with Crippen molar-refractivity contribution in [2.24, 2.45) is 0 Å². The van der Waals surface area contributed by atoms with Crippen LogP contribution in [0.2, 0.25) is 0 Å². The zero-order valence-corrected chi connectivity index (χ0v) is 16.1. The van der Waals surface area contributed by atoms with Crippen molar-refractivity contribution in [1.29, 1.82) is 0 Å². The zero-order chi connectivity index (χ0) is 20.4. The molecule has 0 bridgehead atoms. The van der Waals surface area contributed by atoms with Crippen LogP contribution in [0.4, 0.5) is 10.1 Å². The second kappa shape index (κ2) is 7.67. The summed E-state index contributed by atoms with van der Waals surface area (Å²) in [5.74, 6) is -0.215. The topological polar surface area (TPSA) is 59.8 Å². The van der Waals surface area contributed by atoms with Gasteiger partial charge in [0, 0.05) is 11.3 Å². The normalized spacial score (nSPS) is 10.7. The van der Waals surface area contributed by atoms with Crippen LogP contribution in [0.25, 0.3) is 17.1 Å². The Labute approximate surface area is 167 Å². The van der Waals surface area contributed by atoms with Crippen molar-refractivity contribution in [3.05, 3.63) is 95.6 Å². The van der Waals surface area contributed by atoms with Crippen LogP contribution >= 0.6 is 0 Å². The van der Waals surface area contributed by atoms with Gasteiger partial charge in [-0.3, -0.25) is 4.79 Å². The van der Waals surface area contributed by atoms with Crippen LogP contribution in [-0.2, 0) is 0 Å². The van der Waals surface area contributed by atoms with Crippen LogP contribution in [0, 0.1) is 19.7 Å². The van der Waals surface area contributed by atoms with Crippen LogP contribution in [0.15, 0.2) is 72.8 Å². The monoisotopic (exact) mass is 386 g/mol. The summed E-state index contributed by atoms with van der Waals surface area (Å²) in [7, 11) is 0. The smallest absolute Gasteiger partial charge is 0.295 e. The molecule has 1 N–H and O–H groups in total. The summed E-state index contributed by atoms with van der Waals surface area (Å²) in [5, 5.41) is 7.21. The highest BCUT2D eigenvalue weighted by molar-refractivity contribution is 6.01. The Bertz CT molecular complexity index is 1160. The lowest BCUT2D eigenvalue weighted by atomic mass is 10.1. The van der Waals surface area contributed by atoms with Crippen LogP contribution in [0.3, 0.4) is 0 Å². The molecule has 0 atom stereocenters. The van der Waals surface area contributed by atoms with Gasteiger partial charge < -0.3 is 5.32 Å². The number of aromatic nitrogens is 3. The number of aryl methyl sites for hydroxylation is 2. The molecule has 0 saturated carbocycles. The summed E-state index contributed by atoms with van der Waals surface area (Å²) in [6.45, 7) is 3.96. The number of hydrogen-bond donors (Lipinski definition) is 1. The number of anilines is 1. The Balaban J connectivity index is 1.75. The molecule has 1 amide bonds. The molecule has 0 spiro atoms. The van der Waals surface area contributed by atoms with E-state index in [-0.39, 0.29) is 11.6 Å². The number of nitrogens with one attached hydrogen (secondary N) is 1. The predicted molar refractivity (Wildman–Crippen MR) is 111 cm³/mol. The molecule has 3 aromatic carbocycles. The van der Waals surface area contributed by atoms with E-state index in [4.69, 9.17) is 0 Å². The molecule has 1 heterocycles. The predicted octanol–water partition coefficient (Wildman–Crippen LogP) is 4.94. The standard InChI is InChI=1S/C23H19FN4O/c1-15-6-10-19(11-7-15)25-23(29)21-26-22(17-5-3-4-16(2)14-17)28(27-21)20-12-8-18(24)9-13-20/h3-14H,1-2H3,(H,25,29). The van der Waals surface area contributed by atoms with Gasteiger partial charge in [0.2, 0.25) is 5.82 Å². The van der Waals surface area contributed by atoms with Crippen molar-refractivity contribution in [2.45, 2.75) is 13.8 Å². The van der Waals surface area contributed by atoms with Gasteiger partial charge in [-0.2, -0.15) is 0 Å². The highest BCUT2D eigenvalue weighted by Gasteiger charge is 2.19. The number of hydrogen-bond acceptors (Lipinski definition) is 3. The number of halogens is 1. The molecule has 29 heavy (non-hydrogen) atoms. The van der Waals surface area contributed by atoms with Gasteiger partial charge in [0.1, 0.15) is 5.82 Å². The summed E-state index contributed by atoms with van der Waals surface area (Å²) in [4.78, 5) is 17.2. The molecule has 0 aliphatic carbocycles. The van der Waals surface area contributed by atoms with E-state index in [0.717, 1.165) is 16.7 Å². The quantitative estimate of drug-likeness (QED) is 0.540. The lowest BCUT2D eigenvalue weighted by Crippen LogP contribution is -2.14. The summed E-state index contributed by atoms with van der Waals surface area (Å²) in [6.07, 6.45) is 0. The summed E-state index contributed by atoms with van der Waals surface area (Å²) >= 11 is 0. The van der Waals surface area contributed by atoms with Crippen LogP contribution in [0.5, 0.6) is 0 Å². The molecule has 0 fully saturated rings. The second-order valence-electron chi connectivity index (χ2n) is 6.84. The Kier molecular flexibility index (Phi) is 4.91. The lowest BCUT2D eigenvalue weighted by molar-refractivity contribution is 0.101. The first-order valence-electron chi connectivity index (χ1n) is 9.18. The van der Waals surface area contributed by atoms with Gasteiger partial charge in [0.25, 0.3) is 5.91 Å². The number of nitrogens with zero attached hydrogens (tertiary/aromatic N) is 3. The highest BCUT2D eigenvalue weighted by Crippen LogP contribution is 2.23. The molecule has 0 radical (unpaired) electrons. The fourth-order valence-electron chi connectivity index (χ4n) is 2.97. The molecule has 0 saturated heterocycles. The number of carbonyl (C=O) groups excluding carboxylic acids is 1. The van der Waals surface area contributed by atoms with Gasteiger partial charge in [-0.15, -0.1) is 5.10 Å². The SMILES string of the molecule is Cc1ccc(NC(=O)c2nc(-c3cccc(C)c3)n(-c3ccc(F)cc3)n2)cc1. The summed E-state index contributed by atoms with van der Waals surface area (Å²) < 4.78 is 14.9. The number of rotatable bonds is 4. The minimum atomic E-state index is -0.413. The Morgan fingerprint density at radius 3 is 2.34 bits per heavy atom. The van der Waals surface area contributed by atoms with E-state index < -0.39 is 5.91 Å². The zero-order valence-electron chi connectivity index (χ0n) is 16.1. The average Bonchev–Trinajstić information content (AvgIpc) is 3.16. The van der Waals surface area contributed by atoms with Crippen LogP contribution in [-0.4, -0.2) is 20.7 Å². The van der Waals surface area contributed by atoms with Crippen molar-refractivity contribution >= 4 is 11.6 Å². The molecular formula is C23H19FN4O. The molecule has 0 aliphatic rings. The molecule has 4 rings (SSSR count). The van der Waals surface area contributed by atoms with E-state index in [1.165, 1.54) is 12.1 Å². The van der Waals surface area contributed by atoms with E-state index in [1.807, 2.05) is 62.4 Å². The third kappa shape index (κ3) is 4.06. The Morgan fingerprint density at radius 1 is 0.931 bits per heavy atom. The first-order chi connectivity index (χ1) is 14.0. The number of amides is 1. The third-order valence-electron chi connectivity index (χ3n) is 4.47. The van der Waals surface area contributed by atoms with Crippen LogP contribution < -0.4 is 5.32 Å². The number of carbonyl (C=O) groups is 1. The van der Waals surface area contributed by atoms with E-state index >= 15 is 0 Å². The molecule has 144 valence electrons. The molecule has 6 heteroatoms. The van der Waals surface area contributed by atoms with Crippen LogP contribution in [0.1, 0.15) is 21.7 Å². The first-order valence-corrected chi connectivity index (χ1v) is 9.18. The van der Waals surface area contributed by atoms with Gasteiger partial charge in [-0.05, 0) is 56.3 Å². The number of benzene rings is 3. The largest absolute Gasteiger partial charge is 0.319 e. The van der Waals surface area contributed by atoms with Crippen molar-refractivity contribution in [1.82, 2.24) is 14.8 Å². The molecule has 0 unspecified atom stereocenters. The summed E-state index contributed by atoms with van der Waals surface area (Å²) in [6, 6.07) is 21.1. The van der Waals surface area contributed by atoms with Gasteiger partial charge in [-0.25, -0.2) is 14.1 Å². The molecule has 0 aliphatic heterocycles. The van der Waals surface area contributed by atoms with Gasteiger partial charge >= 0.3 is 0 Å². The van der Waals surface area contributed by atoms with Crippen molar-refractivity contribution in [3.8, 4) is 17.1 Å². The third-order valence-corrected chi connectivity index (χ3v) is 4.47. The average molecular weight is 386 g/mol. The van der Waals surface area contributed by atoms with Gasteiger partial charge in [-0.1, -0.05) is 41.5 Å². The maximum atomic E-state index is 13.4. The second-order valence-corrected chi connectivity index (χ2v) is 6.84. The first kappa shape index (κ1) is 18.6. The Hall–Kier alpha value is -3.80.